The van der Waals surface area contributed by atoms with E-state index in [1.807, 2.05) is 28.7 Å². The summed E-state index contributed by atoms with van der Waals surface area (Å²) in [5.74, 6) is -0.522. The maximum absolute atomic E-state index is 12.4. The van der Waals surface area contributed by atoms with Crippen LogP contribution in [0.5, 0.6) is 5.75 Å². The number of nitrogens with zero attached hydrogens (tertiary/aromatic N) is 1. The molecule has 0 radical (unpaired) electrons. The van der Waals surface area contributed by atoms with Gasteiger partial charge in [0, 0.05) is 19.8 Å². The lowest BCUT2D eigenvalue weighted by atomic mass is 10.1. The van der Waals surface area contributed by atoms with Crippen LogP contribution in [0.4, 0.5) is 5.69 Å². The van der Waals surface area contributed by atoms with Gasteiger partial charge in [-0.25, -0.2) is 0 Å². The number of phenols is 1. The quantitative estimate of drug-likeness (QED) is 0.309. The summed E-state index contributed by atoms with van der Waals surface area (Å²) < 4.78 is 1.54. The number of benzene rings is 2. The zero-order chi connectivity index (χ0) is 17.9. The van der Waals surface area contributed by atoms with E-state index in [-0.39, 0.29) is 11.3 Å². The minimum absolute atomic E-state index is 0.0375. The molecule has 2 aromatic rings. The highest BCUT2D eigenvalue weighted by atomic mass is 127. The van der Waals surface area contributed by atoms with Gasteiger partial charge in [-0.05, 0) is 88.0 Å². The molecule has 2 rings (SSSR count). The Morgan fingerprint density at radius 2 is 2.08 bits per heavy atom. The second kappa shape index (κ2) is 8.18. The normalized spacial score (nSPS) is 11.0. The van der Waals surface area contributed by atoms with Crippen LogP contribution in [0.2, 0.25) is 5.02 Å². The summed E-state index contributed by atoms with van der Waals surface area (Å²) in [6.45, 7) is 1.78. The van der Waals surface area contributed by atoms with Crippen LogP contribution in [0.15, 0.2) is 35.9 Å². The Labute approximate surface area is 171 Å². The van der Waals surface area contributed by atoms with Crippen molar-refractivity contribution in [3.63, 3.8) is 0 Å². The molecule has 2 aromatic carbocycles. The fourth-order valence-corrected chi connectivity index (χ4v) is 4.00. The predicted octanol–water partition coefficient (Wildman–Crippen LogP) is 5.11. The van der Waals surface area contributed by atoms with Gasteiger partial charge in [0.05, 0.1) is 3.57 Å². The topological polar surface area (TPSA) is 73.1 Å². The molecule has 0 heterocycles. The molecule has 0 saturated carbocycles. The number of phenolic OH excluding ortho intramolecular Hbond substituents is 1. The predicted molar refractivity (Wildman–Crippen MR) is 112 cm³/mol. The van der Waals surface area contributed by atoms with Gasteiger partial charge in [0.2, 0.25) is 0 Å². The van der Waals surface area contributed by atoms with Crippen molar-refractivity contribution in [2.75, 3.05) is 5.32 Å². The van der Waals surface area contributed by atoms with Crippen LogP contribution >= 0.6 is 56.8 Å². The van der Waals surface area contributed by atoms with Gasteiger partial charge >= 0.3 is 0 Å². The van der Waals surface area contributed by atoms with Crippen molar-refractivity contribution < 1.29 is 9.90 Å². The number of rotatable bonds is 3. The molecular formula is C17H11ClI2N2O2. The molecule has 0 unspecified atom stereocenters. The van der Waals surface area contributed by atoms with Crippen molar-refractivity contribution in [2.24, 2.45) is 0 Å². The van der Waals surface area contributed by atoms with Crippen molar-refractivity contribution in [1.82, 2.24) is 0 Å². The minimum atomic E-state index is -0.559. The van der Waals surface area contributed by atoms with E-state index in [9.17, 15) is 15.2 Å². The molecule has 24 heavy (non-hydrogen) atoms. The van der Waals surface area contributed by atoms with Crippen LogP contribution in [0.3, 0.4) is 0 Å². The van der Waals surface area contributed by atoms with E-state index >= 15 is 0 Å². The van der Waals surface area contributed by atoms with E-state index in [0.717, 1.165) is 9.13 Å². The number of amides is 1. The molecule has 7 heteroatoms. The Hall–Kier alpha value is -1.31. The Morgan fingerprint density at radius 3 is 2.75 bits per heavy atom. The number of halogens is 3. The molecule has 2 N–H and O–H groups in total. The van der Waals surface area contributed by atoms with Gasteiger partial charge in [-0.3, -0.25) is 4.79 Å². The summed E-state index contributed by atoms with van der Waals surface area (Å²) in [6, 6.07) is 10.5. The summed E-state index contributed by atoms with van der Waals surface area (Å²) >= 11 is 10.1. The van der Waals surface area contributed by atoms with E-state index in [1.54, 1.807) is 37.3 Å². The first kappa shape index (κ1) is 19.0. The molecule has 0 aromatic heterocycles. The van der Waals surface area contributed by atoms with Crippen LogP contribution in [-0.4, -0.2) is 11.0 Å². The molecule has 0 bridgehead atoms. The zero-order valence-corrected chi connectivity index (χ0v) is 17.5. The van der Waals surface area contributed by atoms with E-state index in [2.05, 4.69) is 27.9 Å². The lowest BCUT2D eigenvalue weighted by Crippen LogP contribution is -2.14. The molecule has 0 aliphatic carbocycles. The summed E-state index contributed by atoms with van der Waals surface area (Å²) in [6.07, 6.45) is 1.37. The second-order valence-electron chi connectivity index (χ2n) is 4.86. The van der Waals surface area contributed by atoms with Gasteiger partial charge < -0.3 is 10.4 Å². The van der Waals surface area contributed by atoms with E-state index in [1.165, 1.54) is 6.08 Å². The third-order valence-electron chi connectivity index (χ3n) is 3.24. The minimum Gasteiger partial charge on any atom is -0.506 e. The summed E-state index contributed by atoms with van der Waals surface area (Å²) in [4.78, 5) is 12.4. The number of nitriles is 1. The van der Waals surface area contributed by atoms with Crippen molar-refractivity contribution in [2.45, 2.75) is 6.92 Å². The standard InChI is InChI=1S/C17H11ClI2N2O2/c1-9-13(18)3-2-4-15(9)22-17(24)11(8-21)5-10-6-12(19)7-14(20)16(10)23/h2-7,23H,1H3,(H,22,24)/b11-5+. The van der Waals surface area contributed by atoms with Crippen molar-refractivity contribution in [1.29, 1.82) is 5.26 Å². The Balaban J connectivity index is 2.37. The number of hydrogen-bond acceptors (Lipinski definition) is 3. The fourth-order valence-electron chi connectivity index (χ4n) is 1.93. The highest BCUT2D eigenvalue weighted by Crippen LogP contribution is 2.29. The van der Waals surface area contributed by atoms with Gasteiger partial charge in [0.25, 0.3) is 5.91 Å². The SMILES string of the molecule is Cc1c(Cl)cccc1NC(=O)/C(C#N)=C/c1cc(I)cc(I)c1O. The lowest BCUT2D eigenvalue weighted by molar-refractivity contribution is -0.112. The van der Waals surface area contributed by atoms with Crippen LogP contribution in [-0.2, 0) is 4.79 Å². The molecule has 1 amide bonds. The third-order valence-corrected chi connectivity index (χ3v) is 5.09. The molecule has 0 aliphatic rings. The Bertz CT molecular complexity index is 889. The Kier molecular flexibility index (Phi) is 6.48. The molecule has 0 spiro atoms. The number of aromatic hydroxyl groups is 1. The number of anilines is 1. The number of carbonyl (C=O) groups is 1. The molecule has 122 valence electrons. The van der Waals surface area contributed by atoms with Crippen LogP contribution in [0.25, 0.3) is 6.08 Å². The van der Waals surface area contributed by atoms with Crippen LogP contribution in [0.1, 0.15) is 11.1 Å². The molecule has 0 aliphatic heterocycles. The largest absolute Gasteiger partial charge is 0.506 e. The van der Waals surface area contributed by atoms with Gasteiger partial charge in [0.1, 0.15) is 17.4 Å². The maximum atomic E-state index is 12.4. The first-order chi connectivity index (χ1) is 11.3. The smallest absolute Gasteiger partial charge is 0.266 e. The molecule has 4 nitrogen and oxygen atoms in total. The van der Waals surface area contributed by atoms with E-state index in [4.69, 9.17) is 11.6 Å². The number of carbonyl (C=O) groups excluding carboxylic acids is 1. The van der Waals surface area contributed by atoms with Crippen LogP contribution < -0.4 is 5.32 Å². The first-order valence-corrected chi connectivity index (χ1v) is 9.23. The first-order valence-electron chi connectivity index (χ1n) is 6.69. The van der Waals surface area contributed by atoms with Gasteiger partial charge in [-0.15, -0.1) is 0 Å². The highest BCUT2D eigenvalue weighted by Gasteiger charge is 2.14. The van der Waals surface area contributed by atoms with Crippen molar-refractivity contribution >= 4 is 74.5 Å². The summed E-state index contributed by atoms with van der Waals surface area (Å²) in [5.41, 5.74) is 1.56. The number of nitrogens with one attached hydrogen (secondary N) is 1. The molecule has 0 fully saturated rings. The summed E-state index contributed by atoms with van der Waals surface area (Å²) in [7, 11) is 0. The average Bonchev–Trinajstić information content (AvgIpc) is 2.53. The van der Waals surface area contributed by atoms with E-state index in [0.29, 0.717) is 19.8 Å². The monoisotopic (exact) mass is 564 g/mol. The zero-order valence-electron chi connectivity index (χ0n) is 12.4. The molecule has 0 atom stereocenters. The second-order valence-corrected chi connectivity index (χ2v) is 7.68. The van der Waals surface area contributed by atoms with Gasteiger partial charge in [-0.1, -0.05) is 17.7 Å². The lowest BCUT2D eigenvalue weighted by Gasteiger charge is -2.09. The molecular weight excluding hydrogens is 553 g/mol. The van der Waals surface area contributed by atoms with Crippen molar-refractivity contribution in [3.05, 3.63) is 59.2 Å². The van der Waals surface area contributed by atoms with E-state index < -0.39 is 5.91 Å². The highest BCUT2D eigenvalue weighted by molar-refractivity contribution is 14.1. The van der Waals surface area contributed by atoms with Gasteiger partial charge in [0.15, 0.2) is 0 Å². The summed E-state index contributed by atoms with van der Waals surface area (Å²) in [5, 5.41) is 22.6. The fraction of sp³-hybridized carbons (Fsp3) is 0.0588. The van der Waals surface area contributed by atoms with Gasteiger partial charge in [-0.2, -0.15) is 5.26 Å². The average molecular weight is 565 g/mol. The third kappa shape index (κ3) is 4.40. The maximum Gasteiger partial charge on any atom is 0.266 e. The number of hydrogen-bond donors (Lipinski definition) is 2. The van der Waals surface area contributed by atoms with Crippen LogP contribution in [0, 0.1) is 25.4 Å². The van der Waals surface area contributed by atoms with Crippen molar-refractivity contribution in [3.8, 4) is 11.8 Å². The molecule has 0 saturated heterocycles. The Morgan fingerprint density at radius 1 is 1.38 bits per heavy atom.